The van der Waals surface area contributed by atoms with Gasteiger partial charge in [0.25, 0.3) is 0 Å². The third kappa shape index (κ3) is 4.02. The van der Waals surface area contributed by atoms with E-state index in [-0.39, 0.29) is 18.1 Å². The molecule has 0 aliphatic carbocycles. The highest BCUT2D eigenvalue weighted by molar-refractivity contribution is 5.43. The van der Waals surface area contributed by atoms with E-state index in [2.05, 4.69) is 40.4 Å². The van der Waals surface area contributed by atoms with Crippen molar-refractivity contribution in [3.63, 3.8) is 0 Å². The van der Waals surface area contributed by atoms with Crippen LogP contribution in [0.3, 0.4) is 0 Å². The summed E-state index contributed by atoms with van der Waals surface area (Å²) < 4.78 is 13.5. The molecule has 0 amide bonds. The van der Waals surface area contributed by atoms with Crippen LogP contribution < -0.4 is 15.2 Å². The molecule has 1 saturated heterocycles. The fourth-order valence-electron chi connectivity index (χ4n) is 3.52. The summed E-state index contributed by atoms with van der Waals surface area (Å²) >= 11 is 0. The first-order chi connectivity index (χ1) is 12.5. The Morgan fingerprint density at radius 3 is 2.77 bits per heavy atom. The molecule has 1 aliphatic rings. The third-order valence-corrected chi connectivity index (χ3v) is 5.17. The second-order valence-corrected chi connectivity index (χ2v) is 7.18. The Bertz CT molecular complexity index is 730. The van der Waals surface area contributed by atoms with E-state index in [1.807, 2.05) is 25.5 Å². The normalized spacial score (nSPS) is 21.7. The summed E-state index contributed by atoms with van der Waals surface area (Å²) in [7, 11) is 3.70. The zero-order chi connectivity index (χ0) is 18.7. The van der Waals surface area contributed by atoms with Crippen molar-refractivity contribution in [3.8, 4) is 11.5 Å². The summed E-state index contributed by atoms with van der Waals surface area (Å²) in [5.41, 5.74) is 7.61. The van der Waals surface area contributed by atoms with Gasteiger partial charge in [-0.25, -0.2) is 4.98 Å². The Labute approximate surface area is 155 Å². The Morgan fingerprint density at radius 1 is 1.31 bits per heavy atom. The SMILES string of the molecule is CCC(C)Oc1cc(CN2C[C@@H](N)[C@H](c3nccn3C)C2)ccc1OC. The maximum absolute atomic E-state index is 6.40. The molecule has 6 heteroatoms. The van der Waals surface area contributed by atoms with Gasteiger partial charge in [0.2, 0.25) is 0 Å². The zero-order valence-electron chi connectivity index (χ0n) is 16.2. The molecule has 0 radical (unpaired) electrons. The molecule has 1 aromatic carbocycles. The minimum Gasteiger partial charge on any atom is -0.493 e. The van der Waals surface area contributed by atoms with E-state index < -0.39 is 0 Å². The fraction of sp³-hybridized carbons (Fsp3) is 0.550. The zero-order valence-corrected chi connectivity index (χ0v) is 16.2. The lowest BCUT2D eigenvalue weighted by atomic mass is 10.0. The summed E-state index contributed by atoms with van der Waals surface area (Å²) in [5.74, 6) is 2.92. The Hall–Kier alpha value is -2.05. The largest absolute Gasteiger partial charge is 0.493 e. The van der Waals surface area contributed by atoms with Crippen molar-refractivity contribution in [2.45, 2.75) is 44.9 Å². The van der Waals surface area contributed by atoms with Gasteiger partial charge < -0.3 is 19.8 Å². The van der Waals surface area contributed by atoms with Gasteiger partial charge in [0.15, 0.2) is 11.5 Å². The van der Waals surface area contributed by atoms with Crippen LogP contribution in [0, 0.1) is 0 Å². The summed E-state index contributed by atoms with van der Waals surface area (Å²) in [6, 6.07) is 6.27. The number of nitrogens with zero attached hydrogens (tertiary/aromatic N) is 3. The summed E-state index contributed by atoms with van der Waals surface area (Å²) in [5, 5.41) is 0. The number of likely N-dealkylation sites (tertiary alicyclic amines) is 1. The molecule has 0 bridgehead atoms. The predicted octanol–water partition coefficient (Wildman–Crippen LogP) is 2.53. The molecule has 1 aromatic heterocycles. The predicted molar refractivity (Wildman–Crippen MR) is 103 cm³/mol. The van der Waals surface area contributed by atoms with Crippen LogP contribution >= 0.6 is 0 Å². The summed E-state index contributed by atoms with van der Waals surface area (Å²) in [4.78, 5) is 6.88. The van der Waals surface area contributed by atoms with E-state index in [0.717, 1.165) is 43.4 Å². The molecule has 6 nitrogen and oxygen atoms in total. The first kappa shape index (κ1) is 18.7. The van der Waals surface area contributed by atoms with Crippen molar-refractivity contribution < 1.29 is 9.47 Å². The number of benzene rings is 1. The fourth-order valence-corrected chi connectivity index (χ4v) is 3.52. The molecule has 3 rings (SSSR count). The van der Waals surface area contributed by atoms with Gasteiger partial charge in [-0.15, -0.1) is 0 Å². The molecule has 2 N–H and O–H groups in total. The van der Waals surface area contributed by atoms with Crippen LogP contribution in [0.4, 0.5) is 0 Å². The average molecular weight is 358 g/mol. The van der Waals surface area contributed by atoms with Gasteiger partial charge in [0.1, 0.15) is 5.82 Å². The first-order valence-electron chi connectivity index (χ1n) is 9.30. The van der Waals surface area contributed by atoms with E-state index >= 15 is 0 Å². The number of nitrogens with two attached hydrogens (primary N) is 1. The number of methoxy groups -OCH3 is 1. The van der Waals surface area contributed by atoms with E-state index in [0.29, 0.717) is 0 Å². The standard InChI is InChI=1S/C20H30N4O2/c1-5-14(2)26-19-10-15(6-7-18(19)25-4)11-24-12-16(17(21)13-24)20-22-8-9-23(20)3/h6-10,14,16-17H,5,11-13,21H2,1-4H3/t14?,16-,17-/m1/s1. The van der Waals surface area contributed by atoms with Crippen LogP contribution in [0.25, 0.3) is 0 Å². The second-order valence-electron chi connectivity index (χ2n) is 7.18. The van der Waals surface area contributed by atoms with E-state index in [1.54, 1.807) is 7.11 Å². The molecule has 1 fully saturated rings. The minimum absolute atomic E-state index is 0.102. The number of aromatic nitrogens is 2. The lowest BCUT2D eigenvalue weighted by Gasteiger charge is -2.19. The van der Waals surface area contributed by atoms with Crippen molar-refractivity contribution >= 4 is 0 Å². The van der Waals surface area contributed by atoms with Gasteiger partial charge in [-0.2, -0.15) is 0 Å². The number of imidazole rings is 1. The molecule has 3 atom stereocenters. The molecule has 142 valence electrons. The van der Waals surface area contributed by atoms with Crippen LogP contribution in [-0.4, -0.2) is 46.8 Å². The number of aryl methyl sites for hydroxylation is 1. The van der Waals surface area contributed by atoms with Crippen LogP contribution in [-0.2, 0) is 13.6 Å². The highest BCUT2D eigenvalue weighted by Crippen LogP contribution is 2.31. The molecular formula is C20H30N4O2. The van der Waals surface area contributed by atoms with Crippen LogP contribution in [0.5, 0.6) is 11.5 Å². The van der Waals surface area contributed by atoms with Crippen molar-refractivity contribution in [1.29, 1.82) is 0 Å². The van der Waals surface area contributed by atoms with Gasteiger partial charge in [0, 0.05) is 51.0 Å². The highest BCUT2D eigenvalue weighted by Gasteiger charge is 2.33. The van der Waals surface area contributed by atoms with E-state index in [9.17, 15) is 0 Å². The molecular weight excluding hydrogens is 328 g/mol. The smallest absolute Gasteiger partial charge is 0.161 e. The number of hydrogen-bond acceptors (Lipinski definition) is 5. The van der Waals surface area contributed by atoms with Gasteiger partial charge >= 0.3 is 0 Å². The van der Waals surface area contributed by atoms with E-state index in [1.165, 1.54) is 5.56 Å². The highest BCUT2D eigenvalue weighted by atomic mass is 16.5. The first-order valence-corrected chi connectivity index (χ1v) is 9.30. The third-order valence-electron chi connectivity index (χ3n) is 5.17. The topological polar surface area (TPSA) is 65.5 Å². The molecule has 0 spiro atoms. The van der Waals surface area contributed by atoms with Crippen LogP contribution in [0.15, 0.2) is 30.6 Å². The van der Waals surface area contributed by atoms with E-state index in [4.69, 9.17) is 15.2 Å². The van der Waals surface area contributed by atoms with Crippen molar-refractivity contribution in [2.24, 2.45) is 12.8 Å². The molecule has 1 unspecified atom stereocenters. The number of ether oxygens (including phenoxy) is 2. The van der Waals surface area contributed by atoms with Gasteiger partial charge in [-0.1, -0.05) is 13.0 Å². The minimum atomic E-state index is 0.102. The monoisotopic (exact) mass is 358 g/mol. The van der Waals surface area contributed by atoms with Gasteiger partial charge in [-0.3, -0.25) is 4.90 Å². The lowest BCUT2D eigenvalue weighted by Crippen LogP contribution is -2.29. The lowest BCUT2D eigenvalue weighted by molar-refractivity contribution is 0.207. The number of hydrogen-bond donors (Lipinski definition) is 1. The Kier molecular flexibility index (Phi) is 5.84. The molecule has 1 aliphatic heterocycles. The number of rotatable bonds is 7. The summed E-state index contributed by atoms with van der Waals surface area (Å²) in [6.45, 7) is 6.81. The summed E-state index contributed by atoms with van der Waals surface area (Å²) in [6.07, 6.45) is 4.94. The average Bonchev–Trinajstić information content (AvgIpc) is 3.20. The van der Waals surface area contributed by atoms with Crippen LogP contribution in [0.2, 0.25) is 0 Å². The molecule has 2 heterocycles. The van der Waals surface area contributed by atoms with Crippen molar-refractivity contribution in [3.05, 3.63) is 42.0 Å². The van der Waals surface area contributed by atoms with Crippen molar-refractivity contribution in [2.75, 3.05) is 20.2 Å². The van der Waals surface area contributed by atoms with Crippen molar-refractivity contribution in [1.82, 2.24) is 14.5 Å². The molecule has 26 heavy (non-hydrogen) atoms. The Morgan fingerprint density at radius 2 is 2.12 bits per heavy atom. The van der Waals surface area contributed by atoms with Gasteiger partial charge in [0.05, 0.1) is 13.2 Å². The molecule has 0 saturated carbocycles. The maximum atomic E-state index is 6.40. The maximum Gasteiger partial charge on any atom is 0.161 e. The molecule has 2 aromatic rings. The second kappa shape index (κ2) is 8.10. The van der Waals surface area contributed by atoms with Gasteiger partial charge in [-0.05, 0) is 31.0 Å². The van der Waals surface area contributed by atoms with Crippen LogP contribution in [0.1, 0.15) is 37.6 Å². The quantitative estimate of drug-likeness (QED) is 0.824. The Balaban J connectivity index is 1.71.